The van der Waals surface area contributed by atoms with E-state index in [1.807, 2.05) is 0 Å². The zero-order valence-electron chi connectivity index (χ0n) is 11.6. The molecule has 2 unspecified atom stereocenters. The Kier molecular flexibility index (Phi) is 5.21. The summed E-state index contributed by atoms with van der Waals surface area (Å²) in [6.07, 6.45) is 6.68. The van der Waals surface area contributed by atoms with Gasteiger partial charge >= 0.3 is 0 Å². The van der Waals surface area contributed by atoms with Gasteiger partial charge in [0.2, 0.25) is 0 Å². The van der Waals surface area contributed by atoms with Gasteiger partial charge in [-0.15, -0.1) is 0 Å². The maximum atomic E-state index is 5.67. The Bertz CT molecular complexity index is 358. The highest BCUT2D eigenvalue weighted by molar-refractivity contribution is 5.24. The third kappa shape index (κ3) is 3.82. The minimum Gasteiger partial charge on any atom is -0.378 e. The van der Waals surface area contributed by atoms with Crippen molar-refractivity contribution in [3.63, 3.8) is 0 Å². The van der Waals surface area contributed by atoms with Crippen LogP contribution in [0.5, 0.6) is 0 Å². The van der Waals surface area contributed by atoms with Crippen molar-refractivity contribution >= 4 is 0 Å². The Labute approximate surface area is 111 Å². The lowest BCUT2D eigenvalue weighted by atomic mass is 9.98. The summed E-state index contributed by atoms with van der Waals surface area (Å²) in [4.78, 5) is 0. The molecule has 1 aliphatic heterocycles. The van der Waals surface area contributed by atoms with Gasteiger partial charge in [-0.3, -0.25) is 0 Å². The second-order valence-corrected chi connectivity index (χ2v) is 5.32. The SMILES string of the molecule is CNC(CCCC1CCCO1)c1cccc(C)c1. The van der Waals surface area contributed by atoms with Crippen molar-refractivity contribution in [1.29, 1.82) is 0 Å². The number of nitrogens with one attached hydrogen (secondary N) is 1. The minimum absolute atomic E-state index is 0.478. The third-order valence-electron chi connectivity index (χ3n) is 3.84. The molecule has 1 aromatic rings. The molecule has 1 heterocycles. The Morgan fingerprint density at radius 1 is 1.44 bits per heavy atom. The molecule has 18 heavy (non-hydrogen) atoms. The van der Waals surface area contributed by atoms with Crippen LogP contribution in [0.1, 0.15) is 49.3 Å². The molecule has 2 rings (SSSR count). The number of ether oxygens (including phenoxy) is 1. The van der Waals surface area contributed by atoms with Gasteiger partial charge in [-0.1, -0.05) is 29.8 Å². The summed E-state index contributed by atoms with van der Waals surface area (Å²) in [6.45, 7) is 3.13. The van der Waals surface area contributed by atoms with Gasteiger partial charge in [0.05, 0.1) is 6.10 Å². The molecule has 2 nitrogen and oxygen atoms in total. The van der Waals surface area contributed by atoms with E-state index in [9.17, 15) is 0 Å². The first-order chi connectivity index (χ1) is 8.79. The summed E-state index contributed by atoms with van der Waals surface area (Å²) >= 11 is 0. The number of hydrogen-bond donors (Lipinski definition) is 1. The molecule has 1 saturated heterocycles. The molecule has 0 bridgehead atoms. The predicted octanol–water partition coefficient (Wildman–Crippen LogP) is 3.60. The average molecular weight is 247 g/mol. The van der Waals surface area contributed by atoms with E-state index in [0.29, 0.717) is 12.1 Å². The van der Waals surface area contributed by atoms with Gasteiger partial charge in [0.1, 0.15) is 0 Å². The van der Waals surface area contributed by atoms with E-state index in [1.165, 1.54) is 43.2 Å². The molecule has 0 aliphatic carbocycles. The van der Waals surface area contributed by atoms with E-state index < -0.39 is 0 Å². The lowest BCUT2D eigenvalue weighted by Crippen LogP contribution is -2.17. The fourth-order valence-electron chi connectivity index (χ4n) is 2.79. The second-order valence-electron chi connectivity index (χ2n) is 5.32. The van der Waals surface area contributed by atoms with Crippen molar-refractivity contribution in [2.45, 2.75) is 51.2 Å². The topological polar surface area (TPSA) is 21.3 Å². The summed E-state index contributed by atoms with van der Waals surface area (Å²) in [5.41, 5.74) is 2.75. The first-order valence-electron chi connectivity index (χ1n) is 7.15. The molecule has 2 heteroatoms. The second kappa shape index (κ2) is 6.91. The van der Waals surface area contributed by atoms with Crippen LogP contribution in [-0.4, -0.2) is 19.8 Å². The van der Waals surface area contributed by atoms with E-state index in [-0.39, 0.29) is 0 Å². The lowest BCUT2D eigenvalue weighted by molar-refractivity contribution is 0.101. The van der Waals surface area contributed by atoms with Gasteiger partial charge < -0.3 is 10.1 Å². The van der Waals surface area contributed by atoms with Crippen LogP contribution in [-0.2, 0) is 4.74 Å². The summed E-state index contributed by atoms with van der Waals surface area (Å²) in [5.74, 6) is 0. The van der Waals surface area contributed by atoms with Gasteiger partial charge in [-0.25, -0.2) is 0 Å². The van der Waals surface area contributed by atoms with E-state index in [4.69, 9.17) is 4.74 Å². The first-order valence-corrected chi connectivity index (χ1v) is 7.15. The summed E-state index contributed by atoms with van der Waals surface area (Å²) in [7, 11) is 2.05. The molecular weight excluding hydrogens is 222 g/mol. The molecular formula is C16H25NO. The van der Waals surface area contributed by atoms with Crippen LogP contribution in [0.2, 0.25) is 0 Å². The molecule has 0 spiro atoms. The van der Waals surface area contributed by atoms with Crippen LogP contribution in [0.25, 0.3) is 0 Å². The third-order valence-corrected chi connectivity index (χ3v) is 3.84. The monoisotopic (exact) mass is 247 g/mol. The number of hydrogen-bond acceptors (Lipinski definition) is 2. The lowest BCUT2D eigenvalue weighted by Gasteiger charge is -2.18. The molecule has 0 radical (unpaired) electrons. The Morgan fingerprint density at radius 2 is 2.33 bits per heavy atom. The highest BCUT2D eigenvalue weighted by atomic mass is 16.5. The van der Waals surface area contributed by atoms with Crippen molar-refractivity contribution in [1.82, 2.24) is 5.32 Å². The molecule has 0 amide bonds. The molecule has 1 aromatic carbocycles. The van der Waals surface area contributed by atoms with Crippen molar-refractivity contribution in [3.05, 3.63) is 35.4 Å². The molecule has 0 aromatic heterocycles. The largest absolute Gasteiger partial charge is 0.378 e. The quantitative estimate of drug-likeness (QED) is 0.829. The molecule has 1 N–H and O–H groups in total. The summed E-state index contributed by atoms with van der Waals surface area (Å²) in [6, 6.07) is 9.29. The number of aryl methyl sites for hydroxylation is 1. The van der Waals surface area contributed by atoms with Crippen molar-refractivity contribution in [3.8, 4) is 0 Å². The zero-order valence-corrected chi connectivity index (χ0v) is 11.6. The van der Waals surface area contributed by atoms with Crippen molar-refractivity contribution < 1.29 is 4.74 Å². The van der Waals surface area contributed by atoms with Crippen molar-refractivity contribution in [2.24, 2.45) is 0 Å². The molecule has 100 valence electrons. The van der Waals surface area contributed by atoms with Crippen LogP contribution >= 0.6 is 0 Å². The van der Waals surface area contributed by atoms with Crippen LogP contribution < -0.4 is 5.32 Å². The smallest absolute Gasteiger partial charge is 0.0576 e. The minimum atomic E-state index is 0.478. The van der Waals surface area contributed by atoms with Gasteiger partial charge in [-0.05, 0) is 51.6 Å². The normalized spacial score (nSPS) is 21.1. The fraction of sp³-hybridized carbons (Fsp3) is 0.625. The van der Waals surface area contributed by atoms with E-state index in [2.05, 4.69) is 43.6 Å². The molecule has 1 aliphatic rings. The highest BCUT2D eigenvalue weighted by Crippen LogP contribution is 2.23. The summed E-state index contributed by atoms with van der Waals surface area (Å²) < 4.78 is 5.67. The van der Waals surface area contributed by atoms with Crippen LogP contribution in [0, 0.1) is 6.92 Å². The highest BCUT2D eigenvalue weighted by Gasteiger charge is 2.16. The standard InChI is InChI=1S/C16H25NO/c1-13-6-3-7-14(12-13)16(17-2)10-4-8-15-9-5-11-18-15/h3,6-7,12,15-17H,4-5,8-11H2,1-2H3. The molecule has 2 atom stereocenters. The first kappa shape index (κ1) is 13.6. The Hall–Kier alpha value is -0.860. The van der Waals surface area contributed by atoms with Crippen LogP contribution in [0.4, 0.5) is 0 Å². The Morgan fingerprint density at radius 3 is 3.00 bits per heavy atom. The van der Waals surface area contributed by atoms with Gasteiger partial charge in [0.25, 0.3) is 0 Å². The van der Waals surface area contributed by atoms with Crippen LogP contribution in [0.15, 0.2) is 24.3 Å². The van der Waals surface area contributed by atoms with E-state index in [1.54, 1.807) is 0 Å². The number of benzene rings is 1. The maximum Gasteiger partial charge on any atom is 0.0576 e. The van der Waals surface area contributed by atoms with Gasteiger partial charge in [-0.2, -0.15) is 0 Å². The maximum absolute atomic E-state index is 5.67. The number of rotatable bonds is 6. The summed E-state index contributed by atoms with van der Waals surface area (Å²) in [5, 5.41) is 3.43. The Balaban J connectivity index is 1.81. The average Bonchev–Trinajstić information content (AvgIpc) is 2.88. The van der Waals surface area contributed by atoms with E-state index >= 15 is 0 Å². The molecule has 1 fully saturated rings. The fourth-order valence-corrected chi connectivity index (χ4v) is 2.79. The van der Waals surface area contributed by atoms with Crippen molar-refractivity contribution in [2.75, 3.05) is 13.7 Å². The van der Waals surface area contributed by atoms with Crippen LogP contribution in [0.3, 0.4) is 0 Å². The van der Waals surface area contributed by atoms with E-state index in [0.717, 1.165) is 6.61 Å². The van der Waals surface area contributed by atoms with Gasteiger partial charge in [0.15, 0.2) is 0 Å². The van der Waals surface area contributed by atoms with Gasteiger partial charge in [0, 0.05) is 12.6 Å². The zero-order chi connectivity index (χ0) is 12.8. The molecule has 0 saturated carbocycles. The predicted molar refractivity (Wildman–Crippen MR) is 75.8 cm³/mol.